The summed E-state index contributed by atoms with van der Waals surface area (Å²) < 4.78 is 5.32. The molecule has 1 aliphatic rings. The fraction of sp³-hybridized carbons (Fsp3) is 0.750. The predicted octanol–water partition coefficient (Wildman–Crippen LogP) is 1.10. The summed E-state index contributed by atoms with van der Waals surface area (Å²) in [5, 5.41) is 11.5. The van der Waals surface area contributed by atoms with Gasteiger partial charge in [-0.25, -0.2) is 0 Å². The Morgan fingerprint density at radius 3 is 2.79 bits per heavy atom. The molecule has 7 heteroatoms. The van der Waals surface area contributed by atoms with E-state index in [1.54, 1.807) is 6.92 Å². The summed E-state index contributed by atoms with van der Waals surface area (Å²) in [7, 11) is 0. The van der Waals surface area contributed by atoms with Gasteiger partial charge in [-0.3, -0.25) is 4.79 Å². The van der Waals surface area contributed by atoms with Crippen molar-refractivity contribution in [2.24, 2.45) is 11.7 Å². The molecule has 0 aliphatic heterocycles. The van der Waals surface area contributed by atoms with Crippen LogP contribution in [0.3, 0.4) is 0 Å². The largest absolute Gasteiger partial charge is 0.416 e. The fourth-order valence-corrected chi connectivity index (χ4v) is 3.22. The molecule has 1 aromatic heterocycles. The molecule has 1 unspecified atom stereocenters. The monoisotopic (exact) mass is 284 g/mol. The van der Waals surface area contributed by atoms with Gasteiger partial charge in [-0.05, 0) is 31.7 Å². The van der Waals surface area contributed by atoms with E-state index in [0.717, 1.165) is 25.8 Å². The summed E-state index contributed by atoms with van der Waals surface area (Å²) in [6, 6.07) is 0. The summed E-state index contributed by atoms with van der Waals surface area (Å²) in [4.78, 5) is 11.9. The molecule has 1 saturated carbocycles. The highest BCUT2D eigenvalue weighted by molar-refractivity contribution is 7.99. The smallest absolute Gasteiger partial charge is 0.276 e. The van der Waals surface area contributed by atoms with Crippen LogP contribution in [0, 0.1) is 12.8 Å². The number of carbonyl (C=O) groups excluding carboxylic acids is 1. The zero-order valence-corrected chi connectivity index (χ0v) is 12.1. The Morgan fingerprint density at radius 1 is 1.58 bits per heavy atom. The maximum atomic E-state index is 11.9. The fourth-order valence-electron chi connectivity index (χ4n) is 2.11. The van der Waals surface area contributed by atoms with Crippen molar-refractivity contribution in [1.82, 2.24) is 15.5 Å². The van der Waals surface area contributed by atoms with Crippen LogP contribution < -0.4 is 11.1 Å². The average Bonchev–Trinajstić information content (AvgIpc) is 3.13. The van der Waals surface area contributed by atoms with Crippen LogP contribution >= 0.6 is 11.8 Å². The van der Waals surface area contributed by atoms with Crippen molar-refractivity contribution in [1.29, 1.82) is 0 Å². The number of nitrogens with one attached hydrogen (secondary N) is 1. The number of thioether (sulfide) groups is 1. The predicted molar refractivity (Wildman–Crippen MR) is 72.7 cm³/mol. The maximum absolute atomic E-state index is 11.9. The summed E-state index contributed by atoms with van der Waals surface area (Å²) in [5.41, 5.74) is 4.99. The molecule has 1 heterocycles. The number of nitrogens with two attached hydrogens (primary N) is 1. The van der Waals surface area contributed by atoms with Gasteiger partial charge in [-0.1, -0.05) is 18.7 Å². The Morgan fingerprint density at radius 2 is 2.32 bits per heavy atom. The third kappa shape index (κ3) is 3.27. The van der Waals surface area contributed by atoms with Gasteiger partial charge in [0.1, 0.15) is 5.54 Å². The molecule has 106 valence electrons. The molecule has 1 amide bonds. The quantitative estimate of drug-likeness (QED) is 0.694. The minimum absolute atomic E-state index is 0.285. The standard InChI is InChI=1S/C12H20N4O2S/c1-3-6-14-12(10(13)17,9-4-5-9)7-19-11-16-15-8(2)18-11/h9,14H,3-7H2,1-2H3,(H2,13,17). The first-order valence-electron chi connectivity index (χ1n) is 6.56. The second-order valence-corrected chi connectivity index (χ2v) is 5.84. The summed E-state index contributed by atoms with van der Waals surface area (Å²) >= 11 is 1.39. The number of carbonyl (C=O) groups is 1. The van der Waals surface area contributed by atoms with Crippen molar-refractivity contribution in [3.63, 3.8) is 0 Å². The van der Waals surface area contributed by atoms with Gasteiger partial charge in [-0.15, -0.1) is 10.2 Å². The average molecular weight is 284 g/mol. The molecule has 0 aromatic carbocycles. The van der Waals surface area contributed by atoms with Crippen molar-refractivity contribution < 1.29 is 9.21 Å². The molecule has 19 heavy (non-hydrogen) atoms. The van der Waals surface area contributed by atoms with Crippen LogP contribution in [0.4, 0.5) is 0 Å². The van der Waals surface area contributed by atoms with E-state index in [1.165, 1.54) is 11.8 Å². The third-order valence-corrected chi connectivity index (χ3v) is 4.35. The molecule has 1 atom stereocenters. The number of hydrogen-bond donors (Lipinski definition) is 2. The van der Waals surface area contributed by atoms with Crippen LogP contribution in [-0.4, -0.2) is 33.9 Å². The van der Waals surface area contributed by atoms with E-state index >= 15 is 0 Å². The lowest BCUT2D eigenvalue weighted by molar-refractivity contribution is -0.124. The normalized spacial score (nSPS) is 18.2. The van der Waals surface area contributed by atoms with Crippen LogP contribution in [0.5, 0.6) is 0 Å². The Balaban J connectivity index is 2.05. The maximum Gasteiger partial charge on any atom is 0.276 e. The van der Waals surface area contributed by atoms with E-state index in [2.05, 4.69) is 22.4 Å². The molecule has 0 radical (unpaired) electrons. The lowest BCUT2D eigenvalue weighted by atomic mass is 9.94. The van der Waals surface area contributed by atoms with E-state index in [4.69, 9.17) is 10.2 Å². The Kier molecular flexibility index (Phi) is 4.46. The number of primary amides is 1. The van der Waals surface area contributed by atoms with Crippen molar-refractivity contribution in [2.45, 2.75) is 43.9 Å². The van der Waals surface area contributed by atoms with Gasteiger partial charge < -0.3 is 15.5 Å². The highest BCUT2D eigenvalue weighted by Gasteiger charge is 2.49. The molecule has 3 N–H and O–H groups in total. The highest BCUT2D eigenvalue weighted by atomic mass is 32.2. The van der Waals surface area contributed by atoms with Crippen molar-refractivity contribution >= 4 is 17.7 Å². The molecular formula is C12H20N4O2S. The van der Waals surface area contributed by atoms with Crippen LogP contribution in [0.15, 0.2) is 9.64 Å². The molecule has 1 aromatic rings. The van der Waals surface area contributed by atoms with E-state index < -0.39 is 5.54 Å². The second-order valence-electron chi connectivity index (χ2n) is 4.91. The summed E-state index contributed by atoms with van der Waals surface area (Å²) in [5.74, 6) is 1.11. The van der Waals surface area contributed by atoms with Gasteiger partial charge in [0.2, 0.25) is 11.8 Å². The van der Waals surface area contributed by atoms with Crippen LogP contribution in [0.1, 0.15) is 32.1 Å². The topological polar surface area (TPSA) is 94.0 Å². The number of hydrogen-bond acceptors (Lipinski definition) is 6. The lowest BCUT2D eigenvalue weighted by Gasteiger charge is -2.31. The zero-order valence-electron chi connectivity index (χ0n) is 11.3. The van der Waals surface area contributed by atoms with Crippen molar-refractivity contribution in [3.05, 3.63) is 5.89 Å². The van der Waals surface area contributed by atoms with Crippen molar-refractivity contribution in [2.75, 3.05) is 12.3 Å². The van der Waals surface area contributed by atoms with Gasteiger partial charge in [-0.2, -0.15) is 0 Å². The first kappa shape index (κ1) is 14.3. The van der Waals surface area contributed by atoms with Gasteiger partial charge in [0.25, 0.3) is 5.22 Å². The highest BCUT2D eigenvalue weighted by Crippen LogP contribution is 2.42. The van der Waals surface area contributed by atoms with E-state index in [-0.39, 0.29) is 5.91 Å². The Labute approximate surface area is 116 Å². The molecule has 1 aliphatic carbocycles. The van der Waals surface area contributed by atoms with E-state index in [1.807, 2.05) is 0 Å². The van der Waals surface area contributed by atoms with Gasteiger partial charge in [0, 0.05) is 12.7 Å². The van der Waals surface area contributed by atoms with E-state index in [9.17, 15) is 4.79 Å². The zero-order chi connectivity index (χ0) is 13.9. The molecule has 2 rings (SSSR count). The first-order valence-corrected chi connectivity index (χ1v) is 7.55. The third-order valence-electron chi connectivity index (χ3n) is 3.34. The van der Waals surface area contributed by atoms with Crippen LogP contribution in [-0.2, 0) is 4.79 Å². The molecule has 0 spiro atoms. The molecule has 0 saturated heterocycles. The number of aromatic nitrogens is 2. The SMILES string of the molecule is CCCNC(CSc1nnc(C)o1)(C(N)=O)C1CC1. The molecule has 0 bridgehead atoms. The Bertz CT molecular complexity index is 447. The van der Waals surface area contributed by atoms with Gasteiger partial charge in [0.05, 0.1) is 0 Å². The number of aryl methyl sites for hydroxylation is 1. The number of nitrogens with zero attached hydrogens (tertiary/aromatic N) is 2. The Hall–Kier alpha value is -1.08. The molecule has 6 nitrogen and oxygen atoms in total. The van der Waals surface area contributed by atoms with Crippen molar-refractivity contribution in [3.8, 4) is 0 Å². The summed E-state index contributed by atoms with van der Waals surface area (Å²) in [6.45, 7) is 4.59. The number of rotatable bonds is 8. The number of amides is 1. The van der Waals surface area contributed by atoms with Crippen LogP contribution in [0.2, 0.25) is 0 Å². The summed E-state index contributed by atoms with van der Waals surface area (Å²) in [6.07, 6.45) is 3.05. The van der Waals surface area contributed by atoms with E-state index in [0.29, 0.717) is 22.8 Å². The molecule has 1 fully saturated rings. The second kappa shape index (κ2) is 5.92. The minimum atomic E-state index is -0.650. The first-order chi connectivity index (χ1) is 9.08. The van der Waals surface area contributed by atoms with Gasteiger partial charge >= 0.3 is 0 Å². The minimum Gasteiger partial charge on any atom is -0.416 e. The van der Waals surface area contributed by atoms with Crippen LogP contribution in [0.25, 0.3) is 0 Å². The lowest BCUT2D eigenvalue weighted by Crippen LogP contribution is -2.59. The molecular weight excluding hydrogens is 264 g/mol. The van der Waals surface area contributed by atoms with Gasteiger partial charge in [0.15, 0.2) is 0 Å².